The van der Waals surface area contributed by atoms with E-state index in [0.717, 1.165) is 50.3 Å². The molecule has 1 amide bonds. The molecule has 0 radical (unpaired) electrons. The average molecular weight is 438 g/mol. The molecule has 1 aromatic rings. The number of benzene rings is 1. The molecule has 2 heterocycles. The van der Waals surface area contributed by atoms with Crippen molar-refractivity contribution in [3.8, 4) is 0 Å². The molecule has 0 aromatic heterocycles. The molecule has 0 spiro atoms. The Bertz CT molecular complexity index is 850. The van der Waals surface area contributed by atoms with Crippen LogP contribution in [0.5, 0.6) is 0 Å². The maximum absolute atomic E-state index is 13.0. The van der Waals surface area contributed by atoms with Gasteiger partial charge in [0.05, 0.1) is 6.61 Å². The van der Waals surface area contributed by atoms with E-state index in [0.29, 0.717) is 6.61 Å². The molecule has 0 aliphatic carbocycles. The van der Waals surface area contributed by atoms with Gasteiger partial charge in [-0.05, 0) is 45.8 Å². The van der Waals surface area contributed by atoms with E-state index >= 15 is 0 Å². The Morgan fingerprint density at radius 2 is 1.91 bits per heavy atom. The van der Waals surface area contributed by atoms with E-state index in [4.69, 9.17) is 4.74 Å². The predicted octanol–water partition coefficient (Wildman–Crippen LogP) is 4.76. The quantitative estimate of drug-likeness (QED) is 0.550. The summed E-state index contributed by atoms with van der Waals surface area (Å²) in [6.07, 6.45) is 9.96. The van der Waals surface area contributed by atoms with Gasteiger partial charge in [0.15, 0.2) is 0 Å². The molecule has 0 N–H and O–H groups in total. The van der Waals surface area contributed by atoms with E-state index in [2.05, 4.69) is 68.4 Å². The third kappa shape index (κ3) is 5.51. The van der Waals surface area contributed by atoms with Crippen molar-refractivity contribution in [2.75, 3.05) is 37.7 Å². The first-order valence-electron chi connectivity index (χ1n) is 11.8. The summed E-state index contributed by atoms with van der Waals surface area (Å²) in [5.41, 5.74) is 3.34. The number of rotatable bonds is 8. The fourth-order valence-electron chi connectivity index (χ4n) is 4.97. The van der Waals surface area contributed by atoms with E-state index in [1.165, 1.54) is 5.70 Å². The van der Waals surface area contributed by atoms with Gasteiger partial charge >= 0.3 is 0 Å². The number of fused-ring (bicyclic) bond motifs is 1. The fraction of sp³-hybridized carbons (Fsp3) is 0.519. The van der Waals surface area contributed by atoms with Gasteiger partial charge in [-0.25, -0.2) is 0 Å². The Morgan fingerprint density at radius 3 is 2.56 bits per heavy atom. The van der Waals surface area contributed by atoms with Crippen LogP contribution in [-0.4, -0.2) is 60.1 Å². The number of carbonyl (C=O) groups is 1. The monoisotopic (exact) mass is 437 g/mol. The number of piperazine rings is 1. The van der Waals surface area contributed by atoms with E-state index in [9.17, 15) is 4.79 Å². The third-order valence-electron chi connectivity index (χ3n) is 6.77. The molecule has 1 saturated heterocycles. The van der Waals surface area contributed by atoms with Crippen molar-refractivity contribution < 1.29 is 9.53 Å². The Hall–Kier alpha value is -2.37. The molecule has 1 aromatic carbocycles. The highest BCUT2D eigenvalue weighted by molar-refractivity contribution is 5.96. The van der Waals surface area contributed by atoms with Gasteiger partial charge in [0.1, 0.15) is 6.61 Å². The summed E-state index contributed by atoms with van der Waals surface area (Å²) in [4.78, 5) is 20.1. The zero-order chi connectivity index (χ0) is 23.1. The summed E-state index contributed by atoms with van der Waals surface area (Å²) < 4.78 is 5.65. The number of hydrogen-bond donors (Lipinski definition) is 0. The number of amides is 1. The van der Waals surface area contributed by atoms with Crippen molar-refractivity contribution in [1.29, 1.82) is 0 Å². The van der Waals surface area contributed by atoms with Crippen LogP contribution in [-0.2, 0) is 16.1 Å². The number of para-hydroxylation sites is 1. The predicted molar refractivity (Wildman–Crippen MR) is 133 cm³/mol. The molecule has 0 bridgehead atoms. The third-order valence-corrected chi connectivity index (χ3v) is 6.77. The molecule has 3 rings (SSSR count). The highest BCUT2D eigenvalue weighted by Gasteiger charge is 2.36. The second-order valence-electron chi connectivity index (χ2n) is 9.25. The Balaban J connectivity index is 1.72. The SMILES string of the molecule is C=C/C=C\C(=C/C)N1CCN(C(C)(C)CC(CC)N2C(=O)COCc3ccccc32)CC1. The van der Waals surface area contributed by atoms with Crippen LogP contribution in [0.3, 0.4) is 0 Å². The van der Waals surface area contributed by atoms with Crippen molar-refractivity contribution in [3.63, 3.8) is 0 Å². The number of nitrogens with zero attached hydrogens (tertiary/aromatic N) is 3. The Morgan fingerprint density at radius 1 is 1.19 bits per heavy atom. The molecule has 2 aliphatic rings. The van der Waals surface area contributed by atoms with Crippen LogP contribution in [0.2, 0.25) is 0 Å². The highest BCUT2D eigenvalue weighted by atomic mass is 16.5. The van der Waals surface area contributed by atoms with Crippen molar-refractivity contribution in [3.05, 3.63) is 66.4 Å². The van der Waals surface area contributed by atoms with Crippen molar-refractivity contribution in [1.82, 2.24) is 9.80 Å². The van der Waals surface area contributed by atoms with E-state index in [-0.39, 0.29) is 24.1 Å². The molecule has 1 atom stereocenters. The van der Waals surface area contributed by atoms with Gasteiger partial charge in [-0.3, -0.25) is 9.69 Å². The van der Waals surface area contributed by atoms with Gasteiger partial charge in [0, 0.05) is 54.7 Å². The highest BCUT2D eigenvalue weighted by Crippen LogP contribution is 2.32. The van der Waals surface area contributed by atoms with Gasteiger partial charge in [0.25, 0.3) is 5.91 Å². The van der Waals surface area contributed by atoms with Gasteiger partial charge in [0.2, 0.25) is 0 Å². The molecular weight excluding hydrogens is 398 g/mol. The van der Waals surface area contributed by atoms with E-state index in [1.54, 1.807) is 0 Å². The molecule has 0 saturated carbocycles. The molecule has 5 nitrogen and oxygen atoms in total. The maximum Gasteiger partial charge on any atom is 0.253 e. The van der Waals surface area contributed by atoms with Crippen LogP contribution in [0.1, 0.15) is 46.1 Å². The van der Waals surface area contributed by atoms with Gasteiger partial charge < -0.3 is 14.5 Å². The first-order chi connectivity index (χ1) is 15.4. The normalized spacial score (nSPS) is 19.8. The molecule has 32 heavy (non-hydrogen) atoms. The lowest BCUT2D eigenvalue weighted by Gasteiger charge is -2.47. The standard InChI is InChI=1S/C27H39N3O2/c1-6-9-13-23(7-2)28-15-17-29(18-16-28)27(4,5)19-24(8-3)30-25-14-11-10-12-22(25)20-32-21-26(30)31/h6-7,9-14,24H,1,8,15-21H2,2-5H3/b13-9-,23-7+. The van der Waals surface area contributed by atoms with Gasteiger partial charge in [-0.1, -0.05) is 49.9 Å². The lowest BCUT2D eigenvalue weighted by atomic mass is 9.89. The summed E-state index contributed by atoms with van der Waals surface area (Å²) in [6.45, 7) is 17.4. The second kappa shape index (κ2) is 11.0. The fourth-order valence-corrected chi connectivity index (χ4v) is 4.97. The van der Waals surface area contributed by atoms with Crippen molar-refractivity contribution in [2.45, 2.75) is 58.7 Å². The minimum atomic E-state index is -0.0117. The minimum Gasteiger partial charge on any atom is -0.369 e. The van der Waals surface area contributed by atoms with Gasteiger partial charge in [-0.15, -0.1) is 0 Å². The Kier molecular flexibility index (Phi) is 8.32. The van der Waals surface area contributed by atoms with E-state index in [1.807, 2.05) is 29.2 Å². The molecule has 1 unspecified atom stereocenters. The Labute approximate surface area is 194 Å². The van der Waals surface area contributed by atoms with Crippen LogP contribution in [0.15, 0.2) is 60.8 Å². The molecular formula is C27H39N3O2. The topological polar surface area (TPSA) is 36.0 Å². The van der Waals surface area contributed by atoms with Crippen LogP contribution in [0, 0.1) is 0 Å². The lowest BCUT2D eigenvalue weighted by Crippen LogP contribution is -2.56. The molecule has 1 fully saturated rings. The molecule has 174 valence electrons. The van der Waals surface area contributed by atoms with Crippen LogP contribution >= 0.6 is 0 Å². The number of carbonyl (C=O) groups excluding carboxylic acids is 1. The first-order valence-corrected chi connectivity index (χ1v) is 11.8. The van der Waals surface area contributed by atoms with Gasteiger partial charge in [-0.2, -0.15) is 0 Å². The molecule has 5 heteroatoms. The minimum absolute atomic E-state index is 0.0117. The average Bonchev–Trinajstić information content (AvgIpc) is 2.96. The zero-order valence-electron chi connectivity index (χ0n) is 20.2. The summed E-state index contributed by atoms with van der Waals surface area (Å²) in [5.74, 6) is 0.0640. The van der Waals surface area contributed by atoms with Crippen LogP contribution < -0.4 is 4.90 Å². The second-order valence-corrected chi connectivity index (χ2v) is 9.25. The summed E-state index contributed by atoms with van der Waals surface area (Å²) in [7, 11) is 0. The first kappa shape index (κ1) is 24.3. The number of anilines is 1. The summed E-state index contributed by atoms with van der Waals surface area (Å²) in [6, 6.07) is 8.30. The smallest absolute Gasteiger partial charge is 0.253 e. The maximum atomic E-state index is 13.0. The van der Waals surface area contributed by atoms with Crippen LogP contribution in [0.25, 0.3) is 0 Å². The number of hydrogen-bond acceptors (Lipinski definition) is 4. The van der Waals surface area contributed by atoms with E-state index < -0.39 is 0 Å². The van der Waals surface area contributed by atoms with Crippen LogP contribution in [0.4, 0.5) is 5.69 Å². The zero-order valence-corrected chi connectivity index (χ0v) is 20.2. The summed E-state index contributed by atoms with van der Waals surface area (Å²) in [5, 5.41) is 0. The largest absolute Gasteiger partial charge is 0.369 e. The lowest BCUT2D eigenvalue weighted by molar-refractivity contribution is -0.123. The van der Waals surface area contributed by atoms with Crippen molar-refractivity contribution in [2.24, 2.45) is 0 Å². The number of ether oxygens (including phenoxy) is 1. The molecule has 2 aliphatic heterocycles. The van der Waals surface area contributed by atoms with Crippen molar-refractivity contribution >= 4 is 11.6 Å². The number of allylic oxidation sites excluding steroid dienone is 4. The summed E-state index contributed by atoms with van der Waals surface area (Å²) >= 11 is 0.